The number of thiazole rings is 1. The van der Waals surface area contributed by atoms with Crippen LogP contribution in [0.4, 0.5) is 5.13 Å². The molecule has 2 aromatic carbocycles. The molecule has 6 nitrogen and oxygen atoms in total. The van der Waals surface area contributed by atoms with Gasteiger partial charge in [-0.3, -0.25) is 5.43 Å². The Morgan fingerprint density at radius 3 is 2.50 bits per heavy atom. The highest BCUT2D eigenvalue weighted by Gasteiger charge is 2.07. The Balaban J connectivity index is 1.67. The second kappa shape index (κ2) is 9.23. The molecule has 146 valence electrons. The van der Waals surface area contributed by atoms with E-state index >= 15 is 0 Å². The van der Waals surface area contributed by atoms with Crippen LogP contribution in [0.1, 0.15) is 19.4 Å². The maximum atomic E-state index is 5.78. The van der Waals surface area contributed by atoms with E-state index in [1.165, 1.54) is 11.3 Å². The molecule has 0 saturated heterocycles. The Labute approximate surface area is 168 Å². The minimum Gasteiger partial charge on any atom is -0.497 e. The molecule has 0 saturated carbocycles. The number of nitrogens with one attached hydrogen (secondary N) is 1. The number of methoxy groups -OCH3 is 2. The van der Waals surface area contributed by atoms with Crippen molar-refractivity contribution in [2.45, 2.75) is 20.0 Å². The fraction of sp³-hybridized carbons (Fsp3) is 0.238. The first kappa shape index (κ1) is 19.7. The largest absolute Gasteiger partial charge is 0.497 e. The SMILES string of the molecule is COc1ccc(-c2csc(N/N=C\c3ccc(OC)c(OC(C)C)c3)n2)cc1. The Morgan fingerprint density at radius 1 is 1.04 bits per heavy atom. The third-order valence-corrected chi connectivity index (χ3v) is 4.56. The summed E-state index contributed by atoms with van der Waals surface area (Å²) in [5.74, 6) is 2.21. The van der Waals surface area contributed by atoms with E-state index in [9.17, 15) is 0 Å². The van der Waals surface area contributed by atoms with Crippen molar-refractivity contribution in [3.63, 3.8) is 0 Å². The molecule has 0 atom stereocenters. The van der Waals surface area contributed by atoms with Gasteiger partial charge in [-0.2, -0.15) is 5.10 Å². The molecule has 0 unspecified atom stereocenters. The van der Waals surface area contributed by atoms with Gasteiger partial charge >= 0.3 is 0 Å². The lowest BCUT2D eigenvalue weighted by atomic mass is 10.2. The fourth-order valence-corrected chi connectivity index (χ4v) is 3.17. The molecule has 0 radical (unpaired) electrons. The average molecular weight is 398 g/mol. The van der Waals surface area contributed by atoms with Crippen molar-refractivity contribution < 1.29 is 14.2 Å². The average Bonchev–Trinajstić information content (AvgIpc) is 3.17. The van der Waals surface area contributed by atoms with Crippen LogP contribution in [-0.2, 0) is 0 Å². The van der Waals surface area contributed by atoms with Crippen molar-refractivity contribution in [1.29, 1.82) is 0 Å². The summed E-state index contributed by atoms with van der Waals surface area (Å²) in [5.41, 5.74) is 5.79. The van der Waals surface area contributed by atoms with Crippen LogP contribution in [0, 0.1) is 0 Å². The molecule has 0 bridgehead atoms. The van der Waals surface area contributed by atoms with Crippen molar-refractivity contribution in [2.24, 2.45) is 5.10 Å². The molecule has 0 fully saturated rings. The molecule has 7 heteroatoms. The fourth-order valence-electron chi connectivity index (χ4n) is 2.50. The van der Waals surface area contributed by atoms with Gasteiger partial charge in [0.2, 0.25) is 5.13 Å². The predicted octanol–water partition coefficient (Wildman–Crippen LogP) is 5.06. The van der Waals surface area contributed by atoms with Crippen LogP contribution >= 0.6 is 11.3 Å². The Hall–Kier alpha value is -3.06. The summed E-state index contributed by atoms with van der Waals surface area (Å²) in [5, 5.41) is 6.98. The number of hydrogen-bond donors (Lipinski definition) is 1. The highest BCUT2D eigenvalue weighted by atomic mass is 32.1. The maximum Gasteiger partial charge on any atom is 0.203 e. The summed E-state index contributed by atoms with van der Waals surface area (Å²) in [6.07, 6.45) is 1.78. The van der Waals surface area contributed by atoms with Crippen LogP contribution in [0.25, 0.3) is 11.3 Å². The molecule has 0 spiro atoms. The summed E-state index contributed by atoms with van der Waals surface area (Å²) in [6.45, 7) is 3.95. The first-order valence-electron chi connectivity index (χ1n) is 8.82. The summed E-state index contributed by atoms with van der Waals surface area (Å²) < 4.78 is 16.3. The summed E-state index contributed by atoms with van der Waals surface area (Å²) >= 11 is 1.50. The quantitative estimate of drug-likeness (QED) is 0.425. The standard InChI is InChI=1S/C21H23N3O3S/c1-14(2)27-20-11-15(5-10-19(20)26-4)12-22-24-21-23-18(13-28-21)16-6-8-17(25-3)9-7-16/h5-14H,1-4H3,(H,23,24)/b22-12-. The molecule has 3 aromatic rings. The number of nitrogens with zero attached hydrogens (tertiary/aromatic N) is 2. The third kappa shape index (κ3) is 5.01. The number of anilines is 1. The first-order chi connectivity index (χ1) is 13.6. The van der Waals surface area contributed by atoms with Gasteiger partial charge in [0.25, 0.3) is 0 Å². The lowest BCUT2D eigenvalue weighted by Gasteiger charge is -2.13. The van der Waals surface area contributed by atoms with Gasteiger partial charge in [0.1, 0.15) is 5.75 Å². The normalized spacial score (nSPS) is 11.0. The topological polar surface area (TPSA) is 65.0 Å². The second-order valence-electron chi connectivity index (χ2n) is 6.21. The van der Waals surface area contributed by atoms with Gasteiger partial charge in [0, 0.05) is 10.9 Å². The van der Waals surface area contributed by atoms with Crippen LogP contribution in [-0.4, -0.2) is 31.5 Å². The molecule has 3 rings (SSSR count). The summed E-state index contributed by atoms with van der Waals surface area (Å²) in [4.78, 5) is 4.56. The van der Waals surface area contributed by atoms with Crippen molar-refractivity contribution in [1.82, 2.24) is 4.98 Å². The van der Waals surface area contributed by atoms with E-state index in [1.807, 2.05) is 61.7 Å². The number of ether oxygens (including phenoxy) is 3. The lowest BCUT2D eigenvalue weighted by Crippen LogP contribution is -2.07. The molecule has 1 N–H and O–H groups in total. The number of benzene rings is 2. The van der Waals surface area contributed by atoms with E-state index < -0.39 is 0 Å². The van der Waals surface area contributed by atoms with E-state index in [2.05, 4.69) is 15.5 Å². The zero-order chi connectivity index (χ0) is 19.9. The molecule has 1 heterocycles. The molecule has 0 aliphatic rings. The second-order valence-corrected chi connectivity index (χ2v) is 7.07. The van der Waals surface area contributed by atoms with Crippen molar-refractivity contribution in [2.75, 3.05) is 19.6 Å². The Kier molecular flexibility index (Phi) is 6.49. The highest BCUT2D eigenvalue weighted by molar-refractivity contribution is 7.14. The van der Waals surface area contributed by atoms with E-state index in [0.717, 1.165) is 22.6 Å². The van der Waals surface area contributed by atoms with Crippen LogP contribution in [0.3, 0.4) is 0 Å². The van der Waals surface area contributed by atoms with Crippen LogP contribution in [0.15, 0.2) is 52.9 Å². The molecular formula is C21H23N3O3S. The zero-order valence-electron chi connectivity index (χ0n) is 16.3. The van der Waals surface area contributed by atoms with Gasteiger partial charge in [-0.15, -0.1) is 11.3 Å². The van der Waals surface area contributed by atoms with E-state index in [1.54, 1.807) is 20.4 Å². The first-order valence-corrected chi connectivity index (χ1v) is 9.70. The van der Waals surface area contributed by atoms with Gasteiger partial charge in [-0.1, -0.05) is 0 Å². The van der Waals surface area contributed by atoms with E-state index in [4.69, 9.17) is 14.2 Å². The van der Waals surface area contributed by atoms with Gasteiger partial charge in [0.15, 0.2) is 11.5 Å². The van der Waals surface area contributed by atoms with Crippen LogP contribution in [0.5, 0.6) is 17.2 Å². The van der Waals surface area contributed by atoms with Crippen molar-refractivity contribution in [3.8, 4) is 28.5 Å². The number of rotatable bonds is 8. The van der Waals surface area contributed by atoms with Crippen molar-refractivity contribution in [3.05, 3.63) is 53.4 Å². The minimum atomic E-state index is 0.0610. The number of hydrazone groups is 1. The zero-order valence-corrected chi connectivity index (χ0v) is 17.1. The number of hydrogen-bond acceptors (Lipinski definition) is 7. The van der Waals surface area contributed by atoms with Gasteiger partial charge in [-0.25, -0.2) is 4.98 Å². The van der Waals surface area contributed by atoms with Gasteiger partial charge < -0.3 is 14.2 Å². The predicted molar refractivity (Wildman–Crippen MR) is 114 cm³/mol. The lowest BCUT2D eigenvalue weighted by molar-refractivity contribution is 0.230. The Morgan fingerprint density at radius 2 is 1.82 bits per heavy atom. The van der Waals surface area contributed by atoms with Crippen LogP contribution in [0.2, 0.25) is 0 Å². The summed E-state index contributed by atoms with van der Waals surface area (Å²) in [6, 6.07) is 13.5. The minimum absolute atomic E-state index is 0.0610. The van der Waals surface area contributed by atoms with E-state index in [0.29, 0.717) is 16.6 Å². The molecule has 1 aromatic heterocycles. The monoisotopic (exact) mass is 397 g/mol. The van der Waals surface area contributed by atoms with E-state index in [-0.39, 0.29) is 6.10 Å². The highest BCUT2D eigenvalue weighted by Crippen LogP contribution is 2.29. The molecule has 0 amide bonds. The smallest absolute Gasteiger partial charge is 0.203 e. The maximum absolute atomic E-state index is 5.78. The Bertz CT molecular complexity index is 936. The van der Waals surface area contributed by atoms with Crippen LogP contribution < -0.4 is 19.6 Å². The van der Waals surface area contributed by atoms with Crippen molar-refractivity contribution >= 4 is 22.7 Å². The third-order valence-electron chi connectivity index (χ3n) is 3.81. The molecule has 0 aliphatic heterocycles. The summed E-state index contributed by atoms with van der Waals surface area (Å²) in [7, 11) is 3.28. The molecule has 0 aliphatic carbocycles. The molecular weight excluding hydrogens is 374 g/mol. The van der Waals surface area contributed by atoms with Gasteiger partial charge in [0.05, 0.1) is 32.2 Å². The number of aromatic nitrogens is 1. The molecule has 28 heavy (non-hydrogen) atoms. The van der Waals surface area contributed by atoms with Gasteiger partial charge in [-0.05, 0) is 61.9 Å².